The molecule has 0 radical (unpaired) electrons. The summed E-state index contributed by atoms with van der Waals surface area (Å²) in [6.07, 6.45) is 2.95. The summed E-state index contributed by atoms with van der Waals surface area (Å²) in [5, 5.41) is 13.8. The van der Waals surface area contributed by atoms with Crippen molar-refractivity contribution in [1.82, 2.24) is 20.6 Å². The van der Waals surface area contributed by atoms with Crippen LogP contribution >= 0.6 is 0 Å². The van der Waals surface area contributed by atoms with Crippen molar-refractivity contribution in [3.8, 4) is 17.1 Å². The average molecular weight is 458 g/mol. The first-order valence-electron chi connectivity index (χ1n) is 10.3. The largest absolute Gasteiger partial charge is 0.496 e. The van der Waals surface area contributed by atoms with Gasteiger partial charge in [0.05, 0.1) is 12.7 Å². The van der Waals surface area contributed by atoms with Gasteiger partial charge in [0.15, 0.2) is 12.6 Å². The van der Waals surface area contributed by atoms with E-state index in [2.05, 4.69) is 27.2 Å². The van der Waals surface area contributed by atoms with E-state index in [1.807, 2.05) is 6.92 Å². The van der Waals surface area contributed by atoms with E-state index in [0.29, 0.717) is 16.9 Å². The van der Waals surface area contributed by atoms with E-state index in [-0.39, 0.29) is 43.7 Å². The third-order valence-electron chi connectivity index (χ3n) is 5.98. The predicted octanol–water partition coefficient (Wildman–Crippen LogP) is 2.14. The molecule has 1 fully saturated rings. The molecular formula is C22H23FN4O6. The molecule has 1 aliphatic carbocycles. The Hall–Kier alpha value is -3.60. The number of tetrazole rings is 1. The summed E-state index contributed by atoms with van der Waals surface area (Å²) in [6, 6.07) is 2.85. The van der Waals surface area contributed by atoms with Gasteiger partial charge in [-0.3, -0.25) is 9.59 Å². The summed E-state index contributed by atoms with van der Waals surface area (Å²) in [6.45, 7) is 5.28. The number of benzene rings is 1. The smallest absolute Gasteiger partial charge is 0.317 e. The lowest BCUT2D eigenvalue weighted by Gasteiger charge is -2.37. The number of esters is 1. The first-order valence-corrected chi connectivity index (χ1v) is 10.3. The SMILES string of the molecule is C=CCOC(=O)[C@@H]1C[C@]2([C@@H](C)Cc3cc(-c4nn[nH]n4)c(OC)cc3F)OCOC2=CC1=O. The van der Waals surface area contributed by atoms with Crippen LogP contribution in [-0.2, 0) is 30.2 Å². The summed E-state index contributed by atoms with van der Waals surface area (Å²) < 4.78 is 36.8. The van der Waals surface area contributed by atoms with Gasteiger partial charge in [0.2, 0.25) is 5.82 Å². The van der Waals surface area contributed by atoms with Crippen LogP contribution in [0.25, 0.3) is 11.4 Å². The van der Waals surface area contributed by atoms with Crippen LogP contribution in [0.1, 0.15) is 18.9 Å². The molecule has 1 aliphatic heterocycles. The number of carbonyl (C=O) groups is 2. The van der Waals surface area contributed by atoms with Crippen molar-refractivity contribution in [3.05, 3.63) is 48.0 Å². The first kappa shape index (κ1) is 22.6. The van der Waals surface area contributed by atoms with E-state index in [9.17, 15) is 14.0 Å². The number of halogens is 1. The Balaban J connectivity index is 1.64. The lowest BCUT2D eigenvalue weighted by molar-refractivity contribution is -0.154. The predicted molar refractivity (Wildman–Crippen MR) is 111 cm³/mol. The van der Waals surface area contributed by atoms with Crippen molar-refractivity contribution < 1.29 is 32.9 Å². The maximum absolute atomic E-state index is 15.0. The highest BCUT2D eigenvalue weighted by molar-refractivity contribution is 6.06. The molecule has 1 aromatic carbocycles. The molecule has 1 N–H and O–H groups in total. The normalized spacial score (nSPS) is 22.7. The lowest BCUT2D eigenvalue weighted by atomic mass is 9.72. The van der Waals surface area contributed by atoms with E-state index in [0.717, 1.165) is 0 Å². The van der Waals surface area contributed by atoms with Gasteiger partial charge < -0.3 is 18.9 Å². The van der Waals surface area contributed by atoms with Gasteiger partial charge in [-0.15, -0.1) is 10.2 Å². The maximum Gasteiger partial charge on any atom is 0.317 e. The van der Waals surface area contributed by atoms with E-state index in [4.69, 9.17) is 18.9 Å². The standard InChI is InChI=1S/C22H23FN4O6/c1-4-5-31-21(29)15-10-22(19(9-17(15)28)32-11-33-22)12(2)6-13-7-14(20-24-26-27-25-20)18(30-3)8-16(13)23/h4,7-9,12,15H,1,5-6,10-11H2,2-3H3,(H,24,25,26,27)/t12-,15+,22+/m0/s1. The summed E-state index contributed by atoms with van der Waals surface area (Å²) in [7, 11) is 1.42. The van der Waals surface area contributed by atoms with Crippen molar-refractivity contribution in [2.45, 2.75) is 25.4 Å². The molecule has 0 saturated carbocycles. The second-order valence-corrected chi connectivity index (χ2v) is 7.87. The highest BCUT2D eigenvalue weighted by Gasteiger charge is 2.54. The van der Waals surface area contributed by atoms with Gasteiger partial charge in [0.25, 0.3) is 0 Å². The van der Waals surface area contributed by atoms with E-state index >= 15 is 0 Å². The quantitative estimate of drug-likeness (QED) is 0.360. The van der Waals surface area contributed by atoms with Crippen LogP contribution in [-0.4, -0.2) is 58.5 Å². The molecule has 3 atom stereocenters. The van der Waals surface area contributed by atoms with Crippen molar-refractivity contribution >= 4 is 11.8 Å². The average Bonchev–Trinajstić information content (AvgIpc) is 3.48. The Bertz CT molecular complexity index is 1100. The van der Waals surface area contributed by atoms with E-state index in [1.54, 1.807) is 6.07 Å². The molecule has 1 aromatic heterocycles. The fraction of sp³-hybridized carbons (Fsp3) is 0.409. The van der Waals surface area contributed by atoms with Crippen molar-refractivity contribution in [2.75, 3.05) is 20.5 Å². The highest BCUT2D eigenvalue weighted by Crippen LogP contribution is 2.46. The number of fused-ring (bicyclic) bond motifs is 1. The number of ketones is 1. The molecule has 174 valence electrons. The van der Waals surface area contributed by atoms with Gasteiger partial charge in [-0.2, -0.15) is 5.21 Å². The van der Waals surface area contributed by atoms with Gasteiger partial charge in [-0.1, -0.05) is 19.6 Å². The number of ether oxygens (including phenoxy) is 4. The maximum atomic E-state index is 15.0. The summed E-state index contributed by atoms with van der Waals surface area (Å²) in [5.74, 6) is -2.12. The summed E-state index contributed by atoms with van der Waals surface area (Å²) >= 11 is 0. The Kier molecular flexibility index (Phi) is 6.23. The zero-order valence-corrected chi connectivity index (χ0v) is 18.2. The lowest BCUT2D eigenvalue weighted by Crippen LogP contribution is -2.47. The van der Waals surface area contributed by atoms with Crippen LogP contribution < -0.4 is 4.74 Å². The molecule has 2 heterocycles. The van der Waals surface area contributed by atoms with Crippen LogP contribution in [0.2, 0.25) is 0 Å². The molecule has 0 unspecified atom stereocenters. The Morgan fingerprint density at radius 3 is 3.00 bits per heavy atom. The van der Waals surface area contributed by atoms with Crippen LogP contribution in [0, 0.1) is 17.7 Å². The topological polar surface area (TPSA) is 126 Å². The monoisotopic (exact) mass is 458 g/mol. The van der Waals surface area contributed by atoms with E-state index in [1.165, 1.54) is 25.3 Å². The van der Waals surface area contributed by atoms with Crippen LogP contribution in [0.4, 0.5) is 4.39 Å². The number of rotatable bonds is 8. The molecule has 0 amide bonds. The number of methoxy groups -OCH3 is 1. The molecule has 10 nitrogen and oxygen atoms in total. The van der Waals surface area contributed by atoms with Crippen molar-refractivity contribution in [3.63, 3.8) is 0 Å². The van der Waals surface area contributed by atoms with Gasteiger partial charge in [0.1, 0.15) is 35.5 Å². The van der Waals surface area contributed by atoms with Crippen molar-refractivity contribution in [2.24, 2.45) is 11.8 Å². The second kappa shape index (κ2) is 9.10. The minimum atomic E-state index is -1.08. The third-order valence-corrected chi connectivity index (χ3v) is 5.98. The minimum Gasteiger partial charge on any atom is -0.496 e. The Labute approximate surface area is 188 Å². The summed E-state index contributed by atoms with van der Waals surface area (Å²) in [5.41, 5.74) is -0.254. The molecule has 4 rings (SSSR count). The number of H-pyrrole nitrogens is 1. The number of nitrogens with one attached hydrogen (secondary N) is 1. The van der Waals surface area contributed by atoms with E-state index < -0.39 is 29.1 Å². The molecule has 33 heavy (non-hydrogen) atoms. The third kappa shape index (κ3) is 4.11. The fourth-order valence-electron chi connectivity index (χ4n) is 4.25. The number of carbonyl (C=O) groups excluding carboxylic acids is 2. The molecule has 2 aliphatic rings. The zero-order valence-electron chi connectivity index (χ0n) is 18.2. The van der Waals surface area contributed by atoms with Crippen LogP contribution in [0.3, 0.4) is 0 Å². The number of allylic oxidation sites excluding steroid dienone is 1. The number of hydrogen-bond acceptors (Lipinski definition) is 9. The zero-order chi connectivity index (χ0) is 23.6. The fourth-order valence-corrected chi connectivity index (χ4v) is 4.25. The number of hydrogen-bond donors (Lipinski definition) is 1. The van der Waals surface area contributed by atoms with Gasteiger partial charge in [0, 0.05) is 18.6 Å². The number of nitrogens with zero attached hydrogens (tertiary/aromatic N) is 3. The van der Waals surface area contributed by atoms with Gasteiger partial charge in [-0.25, -0.2) is 4.39 Å². The van der Waals surface area contributed by atoms with Gasteiger partial charge >= 0.3 is 5.97 Å². The Morgan fingerprint density at radius 1 is 1.48 bits per heavy atom. The molecule has 1 saturated heterocycles. The van der Waals surface area contributed by atoms with Crippen LogP contribution in [0.5, 0.6) is 5.75 Å². The summed E-state index contributed by atoms with van der Waals surface area (Å²) in [4.78, 5) is 25.0. The number of aromatic amines is 1. The van der Waals surface area contributed by atoms with Gasteiger partial charge in [-0.05, 0) is 29.2 Å². The Morgan fingerprint density at radius 2 is 2.30 bits per heavy atom. The van der Waals surface area contributed by atoms with Crippen LogP contribution in [0.15, 0.2) is 36.6 Å². The molecule has 11 heteroatoms. The second-order valence-electron chi connectivity index (χ2n) is 7.87. The molecule has 2 aromatic rings. The minimum absolute atomic E-state index is 0.00495. The molecular weight excluding hydrogens is 435 g/mol. The molecule has 0 spiro atoms. The highest BCUT2D eigenvalue weighted by atomic mass is 19.1. The number of aromatic nitrogens is 4. The molecule has 0 bridgehead atoms. The van der Waals surface area contributed by atoms with Crippen molar-refractivity contribution in [1.29, 1.82) is 0 Å². The first-order chi connectivity index (χ1) is 15.9.